The standard InChI is InChI=1S/C24H26N2O4S/c1-17-9-12-20(13-10-17)31(28,29)26-21(19-7-5-4-6-8-19)16-24(27)25-22-15-18(2)11-14-23(22)30-3/h4-15,21,26H,16H2,1-3H3,(H,25,27)/t21-/m1/s1. The van der Waals surface area contributed by atoms with Crippen LogP contribution in [0, 0.1) is 13.8 Å². The number of carbonyl (C=O) groups is 1. The molecule has 0 fully saturated rings. The van der Waals surface area contributed by atoms with Crippen molar-refractivity contribution in [3.63, 3.8) is 0 Å². The van der Waals surface area contributed by atoms with Gasteiger partial charge in [-0.15, -0.1) is 0 Å². The number of ether oxygens (including phenoxy) is 1. The van der Waals surface area contributed by atoms with Crippen LogP contribution in [0.3, 0.4) is 0 Å². The molecule has 2 N–H and O–H groups in total. The van der Waals surface area contributed by atoms with Crippen LogP contribution >= 0.6 is 0 Å². The number of benzene rings is 3. The fraction of sp³-hybridized carbons (Fsp3) is 0.208. The van der Waals surface area contributed by atoms with Gasteiger partial charge in [-0.2, -0.15) is 0 Å². The second-order valence-corrected chi connectivity index (χ2v) is 9.07. The van der Waals surface area contributed by atoms with Gasteiger partial charge in [-0.05, 0) is 49.2 Å². The molecule has 162 valence electrons. The van der Waals surface area contributed by atoms with Crippen LogP contribution in [-0.2, 0) is 14.8 Å². The van der Waals surface area contributed by atoms with E-state index in [1.165, 1.54) is 7.11 Å². The largest absolute Gasteiger partial charge is 0.495 e. The predicted octanol–water partition coefficient (Wildman–Crippen LogP) is 4.36. The van der Waals surface area contributed by atoms with Crippen molar-refractivity contribution in [1.82, 2.24) is 4.72 Å². The van der Waals surface area contributed by atoms with E-state index in [-0.39, 0.29) is 17.2 Å². The van der Waals surface area contributed by atoms with Crippen molar-refractivity contribution in [3.05, 3.63) is 89.5 Å². The Morgan fingerprint density at radius 1 is 0.935 bits per heavy atom. The second kappa shape index (κ2) is 9.76. The highest BCUT2D eigenvalue weighted by Gasteiger charge is 2.24. The van der Waals surface area contributed by atoms with E-state index in [0.717, 1.165) is 11.1 Å². The molecule has 0 aliphatic rings. The molecule has 0 bridgehead atoms. The molecule has 3 rings (SSSR count). The van der Waals surface area contributed by atoms with Crippen LogP contribution < -0.4 is 14.8 Å². The zero-order valence-electron chi connectivity index (χ0n) is 17.8. The number of amides is 1. The first kappa shape index (κ1) is 22.5. The molecule has 3 aromatic carbocycles. The van der Waals surface area contributed by atoms with Crippen molar-refractivity contribution in [3.8, 4) is 5.75 Å². The fourth-order valence-corrected chi connectivity index (χ4v) is 4.42. The normalized spacial score (nSPS) is 12.2. The lowest BCUT2D eigenvalue weighted by Gasteiger charge is -2.20. The lowest BCUT2D eigenvalue weighted by molar-refractivity contribution is -0.116. The Bertz CT molecular complexity index is 1140. The summed E-state index contributed by atoms with van der Waals surface area (Å²) in [7, 11) is -2.29. The number of carbonyl (C=O) groups excluding carboxylic acids is 1. The van der Waals surface area contributed by atoms with Gasteiger partial charge in [-0.3, -0.25) is 4.79 Å². The number of methoxy groups -OCH3 is 1. The van der Waals surface area contributed by atoms with Crippen molar-refractivity contribution in [2.75, 3.05) is 12.4 Å². The molecule has 6 nitrogen and oxygen atoms in total. The maximum atomic E-state index is 12.9. The fourth-order valence-electron chi connectivity index (χ4n) is 3.19. The highest BCUT2D eigenvalue weighted by Crippen LogP contribution is 2.27. The zero-order valence-corrected chi connectivity index (χ0v) is 18.6. The highest BCUT2D eigenvalue weighted by molar-refractivity contribution is 7.89. The average Bonchev–Trinajstić information content (AvgIpc) is 2.74. The first-order chi connectivity index (χ1) is 14.8. The maximum absolute atomic E-state index is 12.9. The van der Waals surface area contributed by atoms with Crippen molar-refractivity contribution in [2.24, 2.45) is 0 Å². The molecule has 0 aliphatic heterocycles. The van der Waals surface area contributed by atoms with E-state index in [1.807, 2.05) is 44.2 Å². The molecule has 3 aromatic rings. The Labute approximate surface area is 183 Å². The monoisotopic (exact) mass is 438 g/mol. The molecule has 1 amide bonds. The number of hydrogen-bond donors (Lipinski definition) is 2. The topological polar surface area (TPSA) is 84.5 Å². The lowest BCUT2D eigenvalue weighted by atomic mass is 10.0. The van der Waals surface area contributed by atoms with E-state index in [1.54, 1.807) is 42.5 Å². The number of anilines is 1. The van der Waals surface area contributed by atoms with Crippen LogP contribution in [0.2, 0.25) is 0 Å². The number of hydrogen-bond acceptors (Lipinski definition) is 4. The van der Waals surface area contributed by atoms with E-state index in [0.29, 0.717) is 17.0 Å². The summed E-state index contributed by atoms with van der Waals surface area (Å²) in [5.74, 6) is 0.208. The van der Waals surface area contributed by atoms with Crippen molar-refractivity contribution < 1.29 is 17.9 Å². The molecule has 0 saturated carbocycles. The summed E-state index contributed by atoms with van der Waals surface area (Å²) in [4.78, 5) is 13.0. The minimum Gasteiger partial charge on any atom is -0.495 e. The van der Waals surface area contributed by atoms with E-state index in [4.69, 9.17) is 4.74 Å². The molecule has 1 atom stereocenters. The Balaban J connectivity index is 1.84. The lowest BCUT2D eigenvalue weighted by Crippen LogP contribution is -2.31. The van der Waals surface area contributed by atoms with Gasteiger partial charge in [0, 0.05) is 6.42 Å². The molecule has 0 spiro atoms. The Kier molecular flexibility index (Phi) is 7.09. The second-order valence-electron chi connectivity index (χ2n) is 7.35. The molecule has 31 heavy (non-hydrogen) atoms. The third-order valence-corrected chi connectivity index (χ3v) is 6.34. The third-order valence-electron chi connectivity index (χ3n) is 4.85. The van der Waals surface area contributed by atoms with Gasteiger partial charge in [0.05, 0.1) is 23.7 Å². The quantitative estimate of drug-likeness (QED) is 0.547. The third kappa shape index (κ3) is 5.93. The minimum atomic E-state index is -3.82. The van der Waals surface area contributed by atoms with E-state index < -0.39 is 16.1 Å². The summed E-state index contributed by atoms with van der Waals surface area (Å²) in [6.07, 6.45) is -0.0772. The van der Waals surface area contributed by atoms with E-state index >= 15 is 0 Å². The van der Waals surface area contributed by atoms with E-state index in [9.17, 15) is 13.2 Å². The molecule has 7 heteroatoms. The molecular weight excluding hydrogens is 412 g/mol. The number of sulfonamides is 1. The first-order valence-corrected chi connectivity index (χ1v) is 11.4. The zero-order chi connectivity index (χ0) is 22.4. The van der Waals surface area contributed by atoms with Gasteiger partial charge in [0.25, 0.3) is 0 Å². The van der Waals surface area contributed by atoms with Gasteiger partial charge in [0.2, 0.25) is 15.9 Å². The summed E-state index contributed by atoms with van der Waals surface area (Å²) >= 11 is 0. The Morgan fingerprint density at radius 3 is 2.23 bits per heavy atom. The average molecular weight is 439 g/mol. The van der Waals surface area contributed by atoms with Crippen molar-refractivity contribution >= 4 is 21.6 Å². The van der Waals surface area contributed by atoms with Crippen LogP contribution in [0.5, 0.6) is 5.75 Å². The highest BCUT2D eigenvalue weighted by atomic mass is 32.2. The Morgan fingerprint density at radius 2 is 1.58 bits per heavy atom. The summed E-state index contributed by atoms with van der Waals surface area (Å²) in [6, 6.07) is 20.4. The number of rotatable bonds is 8. The van der Waals surface area contributed by atoms with Gasteiger partial charge < -0.3 is 10.1 Å². The van der Waals surface area contributed by atoms with Gasteiger partial charge in [0.1, 0.15) is 5.75 Å². The van der Waals surface area contributed by atoms with Gasteiger partial charge in [-0.25, -0.2) is 13.1 Å². The maximum Gasteiger partial charge on any atom is 0.241 e. The summed E-state index contributed by atoms with van der Waals surface area (Å²) < 4.78 is 33.9. The van der Waals surface area contributed by atoms with Gasteiger partial charge in [-0.1, -0.05) is 54.1 Å². The van der Waals surface area contributed by atoms with Crippen LogP contribution in [0.25, 0.3) is 0 Å². The molecule has 0 unspecified atom stereocenters. The molecule has 0 radical (unpaired) electrons. The van der Waals surface area contributed by atoms with Crippen molar-refractivity contribution in [1.29, 1.82) is 0 Å². The molecule has 0 saturated heterocycles. The molecular formula is C24H26N2O4S. The van der Waals surface area contributed by atoms with Crippen LogP contribution in [0.1, 0.15) is 29.2 Å². The number of aryl methyl sites for hydroxylation is 2. The molecule has 0 aromatic heterocycles. The summed E-state index contributed by atoms with van der Waals surface area (Å²) in [6.45, 7) is 3.80. The van der Waals surface area contributed by atoms with Crippen LogP contribution in [0.15, 0.2) is 77.7 Å². The van der Waals surface area contributed by atoms with E-state index in [2.05, 4.69) is 10.0 Å². The smallest absolute Gasteiger partial charge is 0.241 e. The minimum absolute atomic E-state index is 0.0772. The summed E-state index contributed by atoms with van der Waals surface area (Å²) in [5.41, 5.74) is 3.17. The Hall–Kier alpha value is -3.16. The molecule has 0 aliphatic carbocycles. The van der Waals surface area contributed by atoms with Gasteiger partial charge >= 0.3 is 0 Å². The summed E-state index contributed by atoms with van der Waals surface area (Å²) in [5, 5.41) is 2.84. The first-order valence-electron chi connectivity index (χ1n) is 9.87. The van der Waals surface area contributed by atoms with Gasteiger partial charge in [0.15, 0.2) is 0 Å². The predicted molar refractivity (Wildman–Crippen MR) is 122 cm³/mol. The van der Waals surface area contributed by atoms with Crippen molar-refractivity contribution in [2.45, 2.75) is 31.2 Å². The van der Waals surface area contributed by atoms with Crippen LogP contribution in [-0.4, -0.2) is 21.4 Å². The SMILES string of the molecule is COc1ccc(C)cc1NC(=O)C[C@@H](NS(=O)(=O)c1ccc(C)cc1)c1ccccc1. The van der Waals surface area contributed by atoms with Crippen LogP contribution in [0.4, 0.5) is 5.69 Å². The number of nitrogens with one attached hydrogen (secondary N) is 2. The molecule has 0 heterocycles.